The fraction of sp³-hybridized carbons (Fsp3) is 1.00. The summed E-state index contributed by atoms with van der Waals surface area (Å²) >= 11 is 0. The molecule has 0 radical (unpaired) electrons. The van der Waals surface area contributed by atoms with Crippen molar-refractivity contribution in [1.29, 1.82) is 0 Å². The standard InChI is InChI=1S/C17H31F4NO6/c1-23-6-7-25-8-9-26-10-11-28-15(12-22-2-4-24-5-3-22)13-27-14-17(20,21)16(18)19/h15-16H,2-14H2,1H3. The van der Waals surface area contributed by atoms with Crippen molar-refractivity contribution in [2.24, 2.45) is 0 Å². The largest absolute Gasteiger partial charge is 0.382 e. The van der Waals surface area contributed by atoms with Gasteiger partial charge in [-0.3, -0.25) is 4.90 Å². The molecule has 1 unspecified atom stereocenters. The highest BCUT2D eigenvalue weighted by Crippen LogP contribution is 2.23. The zero-order chi connectivity index (χ0) is 20.7. The Balaban J connectivity index is 2.24. The second-order valence-electron chi connectivity index (χ2n) is 6.20. The molecular formula is C17H31F4NO6. The molecule has 0 N–H and O–H groups in total. The van der Waals surface area contributed by atoms with E-state index in [0.29, 0.717) is 65.9 Å². The Kier molecular flexibility index (Phi) is 13.9. The summed E-state index contributed by atoms with van der Waals surface area (Å²) in [5.74, 6) is -4.17. The van der Waals surface area contributed by atoms with Crippen LogP contribution in [0.4, 0.5) is 17.6 Å². The van der Waals surface area contributed by atoms with Gasteiger partial charge in [0.2, 0.25) is 0 Å². The minimum atomic E-state index is -4.17. The van der Waals surface area contributed by atoms with Gasteiger partial charge in [-0.1, -0.05) is 0 Å². The molecule has 0 aromatic heterocycles. The predicted molar refractivity (Wildman–Crippen MR) is 92.3 cm³/mol. The molecule has 1 aliphatic heterocycles. The van der Waals surface area contributed by atoms with E-state index < -0.39 is 25.1 Å². The number of rotatable bonds is 17. The highest BCUT2D eigenvalue weighted by molar-refractivity contribution is 4.71. The van der Waals surface area contributed by atoms with Crippen LogP contribution in [0.2, 0.25) is 0 Å². The first-order valence-corrected chi connectivity index (χ1v) is 9.25. The lowest BCUT2D eigenvalue weighted by atomic mass is 10.3. The van der Waals surface area contributed by atoms with Crippen molar-refractivity contribution in [2.75, 3.05) is 92.8 Å². The van der Waals surface area contributed by atoms with E-state index in [1.54, 1.807) is 7.11 Å². The summed E-state index contributed by atoms with van der Waals surface area (Å²) in [6.45, 7) is 3.71. The molecule has 1 saturated heterocycles. The van der Waals surface area contributed by atoms with E-state index >= 15 is 0 Å². The van der Waals surface area contributed by atoms with Crippen molar-refractivity contribution in [2.45, 2.75) is 18.5 Å². The smallest absolute Gasteiger partial charge is 0.330 e. The molecule has 11 heteroatoms. The number of methoxy groups -OCH3 is 1. The average molecular weight is 421 g/mol. The van der Waals surface area contributed by atoms with Crippen LogP contribution < -0.4 is 0 Å². The van der Waals surface area contributed by atoms with Gasteiger partial charge in [-0.2, -0.15) is 8.78 Å². The molecule has 0 amide bonds. The molecule has 1 rings (SSSR count). The zero-order valence-electron chi connectivity index (χ0n) is 16.3. The van der Waals surface area contributed by atoms with Gasteiger partial charge in [0.05, 0.1) is 65.6 Å². The molecule has 1 aliphatic rings. The number of morpholine rings is 1. The first kappa shape index (κ1) is 25.5. The van der Waals surface area contributed by atoms with Crippen molar-refractivity contribution in [1.82, 2.24) is 4.90 Å². The van der Waals surface area contributed by atoms with E-state index in [1.807, 2.05) is 4.90 Å². The fourth-order valence-electron chi connectivity index (χ4n) is 2.35. The van der Waals surface area contributed by atoms with Gasteiger partial charge in [-0.05, 0) is 0 Å². The highest BCUT2D eigenvalue weighted by atomic mass is 19.3. The van der Waals surface area contributed by atoms with Crippen LogP contribution in [-0.4, -0.2) is 116 Å². The molecule has 1 fully saturated rings. The van der Waals surface area contributed by atoms with Crippen LogP contribution in [0, 0.1) is 0 Å². The lowest BCUT2D eigenvalue weighted by Gasteiger charge is -2.30. The minimum Gasteiger partial charge on any atom is -0.382 e. The molecule has 1 atom stereocenters. The Bertz CT molecular complexity index is 376. The second kappa shape index (κ2) is 15.3. The number of alkyl halides is 4. The van der Waals surface area contributed by atoms with E-state index in [0.717, 1.165) is 0 Å². The van der Waals surface area contributed by atoms with Gasteiger partial charge in [0.1, 0.15) is 6.61 Å². The molecule has 1 heterocycles. The van der Waals surface area contributed by atoms with Crippen molar-refractivity contribution in [3.8, 4) is 0 Å². The second-order valence-corrected chi connectivity index (χ2v) is 6.20. The number of nitrogens with zero attached hydrogens (tertiary/aromatic N) is 1. The summed E-state index contributed by atoms with van der Waals surface area (Å²) in [6, 6.07) is 0. The van der Waals surface area contributed by atoms with E-state index in [-0.39, 0.29) is 13.2 Å². The van der Waals surface area contributed by atoms with Crippen molar-refractivity contribution in [3.63, 3.8) is 0 Å². The maximum absolute atomic E-state index is 13.0. The van der Waals surface area contributed by atoms with Gasteiger partial charge in [0.25, 0.3) is 0 Å². The van der Waals surface area contributed by atoms with Gasteiger partial charge in [0.15, 0.2) is 0 Å². The highest BCUT2D eigenvalue weighted by Gasteiger charge is 2.41. The maximum Gasteiger partial charge on any atom is 0.330 e. The van der Waals surface area contributed by atoms with E-state index in [2.05, 4.69) is 0 Å². The number of hydrogen-bond donors (Lipinski definition) is 0. The van der Waals surface area contributed by atoms with E-state index in [4.69, 9.17) is 28.4 Å². The molecule has 0 bridgehead atoms. The summed E-state index contributed by atoms with van der Waals surface area (Å²) in [6.07, 6.45) is -4.29. The first-order chi connectivity index (χ1) is 13.5. The number of halogens is 4. The Morgan fingerprint density at radius 3 is 2.14 bits per heavy atom. The molecule has 0 saturated carbocycles. The van der Waals surface area contributed by atoms with Gasteiger partial charge >= 0.3 is 12.3 Å². The van der Waals surface area contributed by atoms with Gasteiger partial charge < -0.3 is 28.4 Å². The first-order valence-electron chi connectivity index (χ1n) is 9.25. The van der Waals surface area contributed by atoms with Gasteiger partial charge in [-0.25, -0.2) is 8.78 Å². The Labute approximate surface area is 163 Å². The summed E-state index contributed by atoms with van der Waals surface area (Å²) in [7, 11) is 1.59. The summed E-state index contributed by atoms with van der Waals surface area (Å²) in [5.41, 5.74) is 0. The monoisotopic (exact) mass is 421 g/mol. The Morgan fingerprint density at radius 2 is 1.54 bits per heavy atom. The predicted octanol–water partition coefficient (Wildman–Crippen LogP) is 1.30. The zero-order valence-corrected chi connectivity index (χ0v) is 16.3. The molecule has 0 aromatic rings. The molecular weight excluding hydrogens is 390 g/mol. The van der Waals surface area contributed by atoms with Crippen LogP contribution in [-0.2, 0) is 28.4 Å². The normalized spacial score (nSPS) is 17.4. The summed E-state index contributed by atoms with van der Waals surface area (Å²) in [4.78, 5) is 2.05. The van der Waals surface area contributed by atoms with Crippen LogP contribution in [0.15, 0.2) is 0 Å². The van der Waals surface area contributed by atoms with Gasteiger partial charge in [-0.15, -0.1) is 0 Å². The molecule has 168 valence electrons. The third-order valence-electron chi connectivity index (χ3n) is 3.87. The van der Waals surface area contributed by atoms with Crippen LogP contribution in [0.25, 0.3) is 0 Å². The van der Waals surface area contributed by atoms with Crippen LogP contribution in [0.5, 0.6) is 0 Å². The van der Waals surface area contributed by atoms with Gasteiger partial charge in [0, 0.05) is 26.7 Å². The van der Waals surface area contributed by atoms with Crippen molar-refractivity contribution >= 4 is 0 Å². The SMILES string of the molecule is COCCOCCOCCOC(COCC(F)(F)C(F)F)CN1CCOCC1. The molecule has 0 spiro atoms. The van der Waals surface area contributed by atoms with Crippen molar-refractivity contribution < 1.29 is 46.0 Å². The average Bonchev–Trinajstić information content (AvgIpc) is 2.67. The summed E-state index contributed by atoms with van der Waals surface area (Å²) in [5, 5.41) is 0. The number of ether oxygens (including phenoxy) is 6. The summed E-state index contributed by atoms with van der Waals surface area (Å²) < 4.78 is 81.5. The lowest BCUT2D eigenvalue weighted by Crippen LogP contribution is -2.44. The van der Waals surface area contributed by atoms with Crippen molar-refractivity contribution in [3.05, 3.63) is 0 Å². The third kappa shape index (κ3) is 12.1. The third-order valence-corrected chi connectivity index (χ3v) is 3.87. The quantitative estimate of drug-likeness (QED) is 0.259. The fourth-order valence-corrected chi connectivity index (χ4v) is 2.35. The molecule has 7 nitrogen and oxygen atoms in total. The van der Waals surface area contributed by atoms with E-state index in [9.17, 15) is 17.6 Å². The molecule has 0 aliphatic carbocycles. The maximum atomic E-state index is 13.0. The van der Waals surface area contributed by atoms with Crippen LogP contribution >= 0.6 is 0 Å². The Morgan fingerprint density at radius 1 is 0.929 bits per heavy atom. The number of hydrogen-bond acceptors (Lipinski definition) is 7. The minimum absolute atomic E-state index is 0.209. The van der Waals surface area contributed by atoms with E-state index in [1.165, 1.54) is 0 Å². The molecule has 0 aromatic carbocycles. The Hall–Kier alpha value is -0.560. The molecule has 28 heavy (non-hydrogen) atoms. The topological polar surface area (TPSA) is 58.6 Å². The lowest BCUT2D eigenvalue weighted by molar-refractivity contribution is -0.174. The van der Waals surface area contributed by atoms with Crippen LogP contribution in [0.3, 0.4) is 0 Å². The van der Waals surface area contributed by atoms with Crippen LogP contribution in [0.1, 0.15) is 0 Å².